The topological polar surface area (TPSA) is 88.1 Å². The summed E-state index contributed by atoms with van der Waals surface area (Å²) in [5.74, 6) is -1.82. The van der Waals surface area contributed by atoms with Gasteiger partial charge in [0.25, 0.3) is 5.91 Å². The van der Waals surface area contributed by atoms with Gasteiger partial charge in [-0.25, -0.2) is 4.39 Å². The number of amides is 1. The fourth-order valence-corrected chi connectivity index (χ4v) is 3.77. The predicted octanol–water partition coefficient (Wildman–Crippen LogP) is 3.77. The number of hydrogen-bond acceptors (Lipinski definition) is 4. The first-order valence-electron chi connectivity index (χ1n) is 8.65. The summed E-state index contributed by atoms with van der Waals surface area (Å²) in [6.07, 6.45) is -3.83. The Morgan fingerprint density at radius 1 is 1.16 bits per heavy atom. The quantitative estimate of drug-likeness (QED) is 0.693. The number of hydrogen-bond donors (Lipinski definition) is 1. The molecule has 0 fully saturated rings. The molecule has 2 aromatic carbocycles. The Labute approximate surface area is 174 Å². The van der Waals surface area contributed by atoms with Gasteiger partial charge in [-0.3, -0.25) is 9.10 Å². The van der Waals surface area contributed by atoms with Crippen LogP contribution in [-0.4, -0.2) is 30.7 Å². The van der Waals surface area contributed by atoms with Gasteiger partial charge >= 0.3 is 16.6 Å². The van der Waals surface area contributed by atoms with Crippen LogP contribution in [0.25, 0.3) is 0 Å². The van der Waals surface area contributed by atoms with Crippen LogP contribution in [0.5, 0.6) is 5.75 Å². The molecule has 164 valence electrons. The molecule has 12 heteroatoms. The smallest absolute Gasteiger partial charge is 0.406 e. The van der Waals surface area contributed by atoms with Crippen molar-refractivity contribution in [1.82, 2.24) is 4.31 Å². The molecule has 31 heavy (non-hydrogen) atoms. The van der Waals surface area contributed by atoms with Crippen LogP contribution in [0, 0.1) is 5.82 Å². The second-order valence-electron chi connectivity index (χ2n) is 6.40. The van der Waals surface area contributed by atoms with Crippen LogP contribution in [0.2, 0.25) is 0 Å². The van der Waals surface area contributed by atoms with E-state index in [1.54, 1.807) is 0 Å². The maximum Gasteiger partial charge on any atom is 0.573 e. The minimum absolute atomic E-state index is 0.000958. The third kappa shape index (κ3) is 5.81. The van der Waals surface area contributed by atoms with Crippen LogP contribution in [0.15, 0.2) is 64.7 Å². The summed E-state index contributed by atoms with van der Waals surface area (Å²) in [7, 11) is -4.12. The van der Waals surface area contributed by atoms with E-state index in [0.717, 1.165) is 34.8 Å². The van der Waals surface area contributed by atoms with Crippen molar-refractivity contribution in [2.24, 2.45) is 4.40 Å². The lowest BCUT2D eigenvalue weighted by Gasteiger charge is -2.23. The molecular formula is C19H15F4N3O4S. The number of benzene rings is 2. The van der Waals surface area contributed by atoms with E-state index < -0.39 is 34.0 Å². The molecule has 0 unspecified atom stereocenters. The van der Waals surface area contributed by atoms with Crippen molar-refractivity contribution in [3.05, 3.63) is 71.7 Å². The average molecular weight is 457 g/mol. The second-order valence-corrected chi connectivity index (χ2v) is 7.95. The van der Waals surface area contributed by atoms with Crippen molar-refractivity contribution < 1.29 is 35.5 Å². The maximum absolute atomic E-state index is 13.1. The summed E-state index contributed by atoms with van der Waals surface area (Å²) >= 11 is 0. The monoisotopic (exact) mass is 457 g/mol. The number of rotatable bonds is 5. The molecule has 0 aliphatic carbocycles. The first-order chi connectivity index (χ1) is 14.4. The largest absolute Gasteiger partial charge is 0.573 e. The van der Waals surface area contributed by atoms with E-state index in [1.165, 1.54) is 31.2 Å². The molecule has 0 aromatic heterocycles. The summed E-state index contributed by atoms with van der Waals surface area (Å²) < 4.78 is 83.0. The van der Waals surface area contributed by atoms with Crippen LogP contribution >= 0.6 is 0 Å². The van der Waals surface area contributed by atoms with Gasteiger partial charge in [0.05, 0.1) is 17.8 Å². The lowest BCUT2D eigenvalue weighted by Crippen LogP contribution is -2.32. The Morgan fingerprint density at radius 3 is 2.48 bits per heavy atom. The highest BCUT2D eigenvalue weighted by molar-refractivity contribution is 7.88. The van der Waals surface area contributed by atoms with E-state index in [1.807, 2.05) is 0 Å². The Bertz CT molecular complexity index is 1160. The molecule has 3 rings (SSSR count). The molecular weight excluding hydrogens is 442 g/mol. The Hall–Kier alpha value is -3.41. The highest BCUT2D eigenvalue weighted by Gasteiger charge is 2.31. The molecule has 0 saturated carbocycles. The lowest BCUT2D eigenvalue weighted by atomic mass is 10.1. The first-order valence-corrected chi connectivity index (χ1v) is 10.0. The van der Waals surface area contributed by atoms with Gasteiger partial charge in [0.1, 0.15) is 11.6 Å². The number of halogens is 4. The summed E-state index contributed by atoms with van der Waals surface area (Å²) in [5.41, 5.74) is 0.237. The molecule has 1 heterocycles. The number of nitrogens with one attached hydrogen (secondary N) is 1. The molecule has 1 aliphatic heterocycles. The number of alkyl halides is 3. The molecule has 0 saturated heterocycles. The zero-order chi connectivity index (χ0) is 22.8. The maximum atomic E-state index is 13.1. The first kappa shape index (κ1) is 22.3. The highest BCUT2D eigenvalue weighted by Crippen LogP contribution is 2.26. The molecule has 7 nitrogen and oxygen atoms in total. The van der Waals surface area contributed by atoms with E-state index in [2.05, 4.69) is 14.5 Å². The van der Waals surface area contributed by atoms with Crippen LogP contribution in [0.4, 0.5) is 23.2 Å². The minimum Gasteiger partial charge on any atom is -0.406 e. The van der Waals surface area contributed by atoms with Crippen LogP contribution in [-0.2, 0) is 21.5 Å². The third-order valence-corrected chi connectivity index (χ3v) is 5.37. The predicted molar refractivity (Wildman–Crippen MR) is 104 cm³/mol. The van der Waals surface area contributed by atoms with Crippen molar-refractivity contribution in [2.45, 2.75) is 19.8 Å². The normalized spacial score (nSPS) is 15.7. The second kappa shape index (κ2) is 8.38. The summed E-state index contributed by atoms with van der Waals surface area (Å²) in [6, 6.07) is 9.70. The molecule has 1 N–H and O–H groups in total. The van der Waals surface area contributed by atoms with E-state index in [0.29, 0.717) is 5.56 Å². The summed E-state index contributed by atoms with van der Waals surface area (Å²) in [6.45, 7) is 1.10. The molecule has 2 aromatic rings. The molecule has 0 bridgehead atoms. The van der Waals surface area contributed by atoms with E-state index in [-0.39, 0.29) is 23.5 Å². The summed E-state index contributed by atoms with van der Waals surface area (Å²) in [4.78, 5) is 12.6. The molecule has 0 atom stereocenters. The van der Waals surface area contributed by atoms with Crippen molar-refractivity contribution in [1.29, 1.82) is 0 Å². The van der Waals surface area contributed by atoms with E-state index in [4.69, 9.17) is 0 Å². The van der Waals surface area contributed by atoms with Gasteiger partial charge in [-0.2, -0.15) is 8.42 Å². The average Bonchev–Trinajstić information content (AvgIpc) is 2.64. The molecule has 0 spiro atoms. The lowest BCUT2D eigenvalue weighted by molar-refractivity contribution is -0.274. The molecule has 1 amide bonds. The zero-order valence-electron chi connectivity index (χ0n) is 15.9. The standard InChI is InChI=1S/C19H15F4N3O4S/c1-12-17(18(27)24-15-3-2-4-16(9-15)30-19(21,22)23)11-26(31(28,29)25-12)10-13-5-7-14(20)8-6-13/h2-9,11H,10H2,1H3,(H,24,27). The summed E-state index contributed by atoms with van der Waals surface area (Å²) in [5, 5.41) is 2.38. The van der Waals surface area contributed by atoms with Crippen LogP contribution in [0.3, 0.4) is 0 Å². The minimum atomic E-state index is -4.90. The van der Waals surface area contributed by atoms with Crippen molar-refractivity contribution in [3.8, 4) is 5.75 Å². The van der Waals surface area contributed by atoms with Crippen LogP contribution < -0.4 is 10.1 Å². The van der Waals surface area contributed by atoms with Gasteiger partial charge in [-0.15, -0.1) is 17.6 Å². The van der Waals surface area contributed by atoms with Gasteiger partial charge < -0.3 is 10.1 Å². The number of carbonyl (C=O) groups is 1. The Balaban J connectivity index is 1.82. The van der Waals surface area contributed by atoms with Gasteiger partial charge in [0, 0.05) is 18.0 Å². The fraction of sp³-hybridized carbons (Fsp3) is 0.158. The zero-order valence-corrected chi connectivity index (χ0v) is 16.7. The fourth-order valence-electron chi connectivity index (χ4n) is 2.67. The Kier molecular flexibility index (Phi) is 6.02. The number of carbonyl (C=O) groups excluding carboxylic acids is 1. The number of anilines is 1. The SMILES string of the molecule is CC1=NS(=O)(=O)N(Cc2ccc(F)cc2)C=C1C(=O)Nc1cccc(OC(F)(F)F)c1. The van der Waals surface area contributed by atoms with E-state index in [9.17, 15) is 30.8 Å². The van der Waals surface area contributed by atoms with Crippen molar-refractivity contribution in [3.63, 3.8) is 0 Å². The molecule has 1 aliphatic rings. The third-order valence-electron chi connectivity index (χ3n) is 4.03. The number of nitrogens with zero attached hydrogens (tertiary/aromatic N) is 2. The van der Waals surface area contributed by atoms with Crippen LogP contribution in [0.1, 0.15) is 12.5 Å². The molecule has 0 radical (unpaired) electrons. The number of ether oxygens (including phenoxy) is 1. The Morgan fingerprint density at radius 2 is 1.84 bits per heavy atom. The highest BCUT2D eigenvalue weighted by atomic mass is 32.2. The van der Waals surface area contributed by atoms with Gasteiger partial charge in [0.2, 0.25) is 0 Å². The van der Waals surface area contributed by atoms with Gasteiger partial charge in [-0.1, -0.05) is 18.2 Å². The van der Waals surface area contributed by atoms with Gasteiger partial charge in [0.15, 0.2) is 0 Å². The van der Waals surface area contributed by atoms with Crippen molar-refractivity contribution in [2.75, 3.05) is 5.32 Å². The van der Waals surface area contributed by atoms with Crippen molar-refractivity contribution >= 4 is 27.5 Å². The van der Waals surface area contributed by atoms with E-state index >= 15 is 0 Å². The van der Waals surface area contributed by atoms with Gasteiger partial charge in [-0.05, 0) is 36.8 Å².